The van der Waals surface area contributed by atoms with Crippen LogP contribution in [0.2, 0.25) is 0 Å². The summed E-state index contributed by atoms with van der Waals surface area (Å²) in [4.78, 5) is 19.4. The summed E-state index contributed by atoms with van der Waals surface area (Å²) >= 11 is 4.08. The Morgan fingerprint density at radius 2 is 0.986 bits per heavy atom. The van der Waals surface area contributed by atoms with Crippen LogP contribution in [0.25, 0.3) is 21.8 Å². The molecule has 2 N–H and O–H groups in total. The van der Waals surface area contributed by atoms with Crippen LogP contribution in [0.3, 0.4) is 0 Å². The summed E-state index contributed by atoms with van der Waals surface area (Å²) in [7, 11) is -2.94. The predicted octanol–water partition coefficient (Wildman–Crippen LogP) is 11.4. The zero-order valence-corrected chi connectivity index (χ0v) is 43.7. The molecule has 0 fully saturated rings. The van der Waals surface area contributed by atoms with E-state index in [0.717, 1.165) is 76.4 Å². The SMILES string of the molecule is CCN(CC)c1ccc(N=Nc2snc3ccc(OC)cc23)c(Nc2nc(Nc3cc(N(CC)CC)ccc3N=Nc3snc4ccc(OC)cc34)nc(SCc3ccccc3)n2)c1.O=S(=O)=O.O=S(=O)=O. The third-order valence-electron chi connectivity index (χ3n) is 10.4. The molecule has 0 saturated carbocycles. The Hall–Kier alpha value is -7.52. The van der Waals surface area contributed by atoms with Gasteiger partial charge in [0.1, 0.15) is 22.9 Å². The molecule has 374 valence electrons. The van der Waals surface area contributed by atoms with Crippen LogP contribution >= 0.6 is 34.8 Å². The number of benzene rings is 5. The minimum Gasteiger partial charge on any atom is -0.497 e. The molecule has 5 aromatic carbocycles. The second kappa shape index (κ2) is 26.6. The Labute approximate surface area is 430 Å². The molecule has 0 saturated heterocycles. The third-order valence-corrected chi connectivity index (χ3v) is 12.8. The van der Waals surface area contributed by atoms with Crippen molar-refractivity contribution in [2.75, 3.05) is 60.8 Å². The van der Waals surface area contributed by atoms with Crippen LogP contribution in [0.4, 0.5) is 56.0 Å². The van der Waals surface area contributed by atoms with E-state index >= 15 is 0 Å². The predicted molar refractivity (Wildman–Crippen MR) is 282 cm³/mol. The summed E-state index contributed by atoms with van der Waals surface area (Å²) < 4.78 is 70.8. The largest absolute Gasteiger partial charge is 0.497 e. The van der Waals surface area contributed by atoms with Crippen molar-refractivity contribution in [3.63, 3.8) is 0 Å². The molecule has 0 aliphatic heterocycles. The molecule has 0 bridgehead atoms. The molecule has 0 radical (unpaired) electrons. The molecular formula is C46H47N13O8S5. The van der Waals surface area contributed by atoms with E-state index < -0.39 is 21.2 Å². The van der Waals surface area contributed by atoms with Crippen molar-refractivity contribution in [2.45, 2.75) is 38.6 Å². The Bertz CT molecular complexity index is 3200. The Kier molecular flexibility index (Phi) is 19.9. The number of azo groups is 2. The topological polar surface area (TPSA) is 265 Å². The van der Waals surface area contributed by atoms with Gasteiger partial charge < -0.3 is 29.9 Å². The van der Waals surface area contributed by atoms with Gasteiger partial charge in [-0.05, 0) is 129 Å². The van der Waals surface area contributed by atoms with Gasteiger partial charge in [0, 0.05) is 54.1 Å². The molecule has 26 heteroatoms. The Morgan fingerprint density at radius 1 is 0.556 bits per heavy atom. The van der Waals surface area contributed by atoms with Crippen LogP contribution < -0.4 is 29.9 Å². The van der Waals surface area contributed by atoms with E-state index in [-0.39, 0.29) is 0 Å². The minimum absolute atomic E-state index is 0.322. The number of hydrogen-bond donors (Lipinski definition) is 2. The van der Waals surface area contributed by atoms with Crippen LogP contribution in [-0.4, -0.2) is 89.4 Å². The molecular weight excluding hydrogens is 1020 g/mol. The molecule has 0 aliphatic rings. The Morgan fingerprint density at radius 3 is 1.39 bits per heavy atom. The van der Waals surface area contributed by atoms with Crippen molar-refractivity contribution in [1.82, 2.24) is 23.7 Å². The molecule has 3 heterocycles. The summed E-state index contributed by atoms with van der Waals surface area (Å²) in [5.74, 6) is 2.74. The molecule has 72 heavy (non-hydrogen) atoms. The monoisotopic (exact) mass is 1070 g/mol. The van der Waals surface area contributed by atoms with Crippen LogP contribution in [0, 0.1) is 0 Å². The van der Waals surface area contributed by atoms with Crippen molar-refractivity contribution < 1.29 is 34.7 Å². The van der Waals surface area contributed by atoms with Gasteiger partial charge in [0.25, 0.3) is 0 Å². The Balaban J connectivity index is 0.000000986. The lowest BCUT2D eigenvalue weighted by molar-refractivity contribution is 0.415. The van der Waals surface area contributed by atoms with Crippen LogP contribution in [0.5, 0.6) is 11.5 Å². The number of methoxy groups -OCH3 is 2. The second-order valence-electron chi connectivity index (χ2n) is 14.6. The zero-order chi connectivity index (χ0) is 51.6. The lowest BCUT2D eigenvalue weighted by Crippen LogP contribution is -2.21. The molecule has 0 atom stereocenters. The standard InChI is InChI=1S/C46H47N13O2S3.2O3S/c1-7-58(8-2)30-16-20-38(52-54-42-34-26-32(60-5)18-22-36(34)56-63-42)40(24-30)47-44-49-45(51-46(50-44)62-28-29-14-12-11-13-15-29)48-41-25-31(59(9-3)10-4)17-21-39(41)53-55-43-35-27-33(61-6)19-23-37(35)57-64-43;2*1-4(2)3/h11-27H,7-10,28H2,1-6H3,(H2,47,48,49,50,51);;. The maximum absolute atomic E-state index is 8.44. The number of thioether (sulfide) groups is 1. The van der Waals surface area contributed by atoms with E-state index in [0.29, 0.717) is 55.6 Å². The molecule has 8 rings (SSSR count). The molecule has 0 amide bonds. The zero-order valence-electron chi connectivity index (χ0n) is 39.6. The third kappa shape index (κ3) is 15.0. The number of nitrogens with zero attached hydrogens (tertiary/aromatic N) is 11. The van der Waals surface area contributed by atoms with Gasteiger partial charge in [-0.2, -0.15) is 23.7 Å². The molecule has 3 aromatic heterocycles. The molecule has 0 unspecified atom stereocenters. The number of aromatic nitrogens is 5. The number of ether oxygens (including phenoxy) is 2. The quantitative estimate of drug-likeness (QED) is 0.0563. The van der Waals surface area contributed by atoms with Gasteiger partial charge in [-0.1, -0.05) is 42.1 Å². The van der Waals surface area contributed by atoms with E-state index in [9.17, 15) is 0 Å². The van der Waals surface area contributed by atoms with Crippen LogP contribution in [-0.2, 0) is 27.0 Å². The van der Waals surface area contributed by atoms with E-state index in [1.54, 1.807) is 14.2 Å². The normalized spacial score (nSPS) is 10.9. The maximum atomic E-state index is 8.44. The first-order valence-corrected chi connectivity index (χ1v) is 26.4. The number of hydrogen-bond acceptors (Lipinski definition) is 24. The minimum atomic E-state index is -3.11. The van der Waals surface area contributed by atoms with Crippen molar-refractivity contribution in [3.05, 3.63) is 109 Å². The highest BCUT2D eigenvalue weighted by Crippen LogP contribution is 2.40. The number of nitrogens with one attached hydrogen (secondary N) is 2. The van der Waals surface area contributed by atoms with Crippen LogP contribution in [0.15, 0.2) is 129 Å². The number of anilines is 6. The summed E-state index contributed by atoms with van der Waals surface area (Å²) in [5.41, 5.74) is 7.35. The van der Waals surface area contributed by atoms with E-state index in [1.807, 2.05) is 91.0 Å². The summed E-state index contributed by atoms with van der Waals surface area (Å²) in [6.07, 6.45) is 0. The molecule has 0 spiro atoms. The summed E-state index contributed by atoms with van der Waals surface area (Å²) in [6, 6.07) is 33.8. The fourth-order valence-electron chi connectivity index (χ4n) is 6.90. The van der Waals surface area contributed by atoms with Gasteiger partial charge in [-0.3, -0.25) is 0 Å². The lowest BCUT2D eigenvalue weighted by Gasteiger charge is -2.22. The van der Waals surface area contributed by atoms with Gasteiger partial charge in [0.2, 0.25) is 11.9 Å². The fraction of sp³-hybridized carbons (Fsp3) is 0.239. The van der Waals surface area contributed by atoms with Gasteiger partial charge in [-0.25, -0.2) is 0 Å². The molecule has 0 aliphatic carbocycles. The van der Waals surface area contributed by atoms with E-state index in [1.165, 1.54) is 34.8 Å². The van der Waals surface area contributed by atoms with Crippen molar-refractivity contribution in [1.29, 1.82) is 0 Å². The van der Waals surface area contributed by atoms with Crippen molar-refractivity contribution in [3.8, 4) is 11.5 Å². The molecule has 21 nitrogen and oxygen atoms in total. The first-order chi connectivity index (χ1) is 34.8. The van der Waals surface area contributed by atoms with Gasteiger partial charge in [0.15, 0.2) is 15.2 Å². The smallest absolute Gasteiger partial charge is 0.425 e. The first-order valence-electron chi connectivity index (χ1n) is 21.8. The van der Waals surface area contributed by atoms with Crippen molar-refractivity contribution in [2.24, 2.45) is 20.5 Å². The average molecular weight is 1070 g/mol. The number of rotatable bonds is 19. The second-order valence-corrected chi connectivity index (χ2v) is 17.8. The van der Waals surface area contributed by atoms with Gasteiger partial charge in [-0.15, -0.1) is 45.7 Å². The fourth-order valence-corrected chi connectivity index (χ4v) is 9.06. The highest BCUT2D eigenvalue weighted by Gasteiger charge is 2.17. The average Bonchev–Trinajstić information content (AvgIpc) is 3.98. The van der Waals surface area contributed by atoms with Gasteiger partial charge >= 0.3 is 21.2 Å². The summed E-state index contributed by atoms with van der Waals surface area (Å²) in [5, 5.41) is 29.5. The highest BCUT2D eigenvalue weighted by molar-refractivity contribution is 7.98. The van der Waals surface area contributed by atoms with E-state index in [4.69, 9.17) is 59.9 Å². The van der Waals surface area contributed by atoms with Crippen LogP contribution in [0.1, 0.15) is 33.3 Å². The number of fused-ring (bicyclic) bond motifs is 2. The maximum Gasteiger partial charge on any atom is 0.425 e. The highest BCUT2D eigenvalue weighted by atomic mass is 32.2. The first kappa shape index (κ1) is 53.8. The molecule has 8 aromatic rings. The van der Waals surface area contributed by atoms with E-state index in [2.05, 4.69) is 79.2 Å². The lowest BCUT2D eigenvalue weighted by atomic mass is 10.2. The summed E-state index contributed by atoms with van der Waals surface area (Å²) in [6.45, 7) is 11.8. The van der Waals surface area contributed by atoms with Crippen molar-refractivity contribution >= 4 is 134 Å². The van der Waals surface area contributed by atoms with Gasteiger partial charge in [0.05, 0.1) is 36.6 Å².